The van der Waals surface area contributed by atoms with E-state index in [9.17, 15) is 34.6 Å². The fourth-order valence-electron chi connectivity index (χ4n) is 3.12. The second-order valence-electron chi connectivity index (χ2n) is 7.60. The van der Waals surface area contributed by atoms with Crippen LogP contribution in [0, 0.1) is 20.2 Å². The molecule has 0 aromatic heterocycles. The van der Waals surface area contributed by atoms with Crippen LogP contribution >= 0.6 is 0 Å². The maximum atomic E-state index is 13.0. The van der Waals surface area contributed by atoms with E-state index in [0.717, 1.165) is 17.0 Å². The van der Waals surface area contributed by atoms with Gasteiger partial charge in [-0.05, 0) is 33.8 Å². The van der Waals surface area contributed by atoms with E-state index in [1.807, 2.05) is 0 Å². The molecule has 1 atom stereocenters. The smallest absolute Gasteiger partial charge is 0.410 e. The van der Waals surface area contributed by atoms with Gasteiger partial charge in [0.25, 0.3) is 11.4 Å². The second-order valence-corrected chi connectivity index (χ2v) is 7.60. The number of esters is 1. The number of nitro groups is 2. The number of ketones is 1. The second kappa shape index (κ2) is 8.05. The Morgan fingerprint density at radius 2 is 1.83 bits per heavy atom. The van der Waals surface area contributed by atoms with Gasteiger partial charge in [0.05, 0.1) is 41.2 Å². The van der Waals surface area contributed by atoms with Gasteiger partial charge < -0.3 is 9.47 Å². The fraction of sp³-hybridized carbons (Fsp3) is 0.500. The molecular formula is C18H21N3O9. The van der Waals surface area contributed by atoms with Gasteiger partial charge in [-0.15, -0.1) is 0 Å². The maximum Gasteiger partial charge on any atom is 0.410 e. The number of Topliss-reactive ketones (excluding diaryl/α,β-unsaturated/α-hetero) is 1. The predicted molar refractivity (Wildman–Crippen MR) is 101 cm³/mol. The van der Waals surface area contributed by atoms with Crippen molar-refractivity contribution in [2.45, 2.75) is 38.7 Å². The molecule has 30 heavy (non-hydrogen) atoms. The first-order valence-electron chi connectivity index (χ1n) is 8.95. The summed E-state index contributed by atoms with van der Waals surface area (Å²) in [6, 6.07) is 2.59. The minimum atomic E-state index is -2.20. The van der Waals surface area contributed by atoms with Gasteiger partial charge in [0.1, 0.15) is 5.60 Å². The van der Waals surface area contributed by atoms with Gasteiger partial charge in [-0.1, -0.05) is 0 Å². The van der Waals surface area contributed by atoms with Crippen LogP contribution in [0.3, 0.4) is 0 Å². The zero-order chi connectivity index (χ0) is 22.9. The Bertz CT molecular complexity index is 922. The Morgan fingerprint density at radius 1 is 1.20 bits per heavy atom. The Labute approximate surface area is 171 Å². The van der Waals surface area contributed by atoms with Crippen molar-refractivity contribution >= 4 is 29.2 Å². The zero-order valence-corrected chi connectivity index (χ0v) is 16.9. The molecule has 0 N–H and O–H groups in total. The topological polar surface area (TPSA) is 159 Å². The van der Waals surface area contributed by atoms with Gasteiger partial charge in [0, 0.05) is 6.07 Å². The van der Waals surface area contributed by atoms with Gasteiger partial charge in [-0.3, -0.25) is 34.7 Å². The van der Waals surface area contributed by atoms with E-state index in [-0.39, 0.29) is 12.2 Å². The molecule has 0 aliphatic carbocycles. The van der Waals surface area contributed by atoms with Crippen LogP contribution in [0.4, 0.5) is 16.2 Å². The van der Waals surface area contributed by atoms with Crippen molar-refractivity contribution in [1.29, 1.82) is 0 Å². The van der Waals surface area contributed by atoms with E-state index in [1.165, 1.54) is 6.92 Å². The lowest BCUT2D eigenvalue weighted by atomic mass is 9.77. The molecule has 12 heteroatoms. The van der Waals surface area contributed by atoms with E-state index >= 15 is 0 Å². The van der Waals surface area contributed by atoms with E-state index in [2.05, 4.69) is 0 Å². The Kier molecular flexibility index (Phi) is 6.09. The van der Waals surface area contributed by atoms with Gasteiger partial charge in [-0.25, -0.2) is 4.79 Å². The summed E-state index contributed by atoms with van der Waals surface area (Å²) < 4.78 is 10.2. The summed E-state index contributed by atoms with van der Waals surface area (Å²) in [6.07, 6.45) is -0.883. The Hall–Kier alpha value is -3.57. The van der Waals surface area contributed by atoms with Crippen molar-refractivity contribution in [1.82, 2.24) is 4.90 Å². The molecule has 12 nitrogen and oxygen atoms in total. The first kappa shape index (κ1) is 22.7. The molecule has 1 aliphatic heterocycles. The highest BCUT2D eigenvalue weighted by Crippen LogP contribution is 2.40. The van der Waals surface area contributed by atoms with Crippen LogP contribution < -0.4 is 0 Å². The number of ether oxygens (including phenoxy) is 2. The van der Waals surface area contributed by atoms with Gasteiger partial charge in [0.15, 0.2) is 11.2 Å². The number of nitrogens with zero attached hydrogens (tertiary/aromatic N) is 3. The van der Waals surface area contributed by atoms with Crippen LogP contribution in [-0.2, 0) is 24.5 Å². The third-order valence-corrected chi connectivity index (χ3v) is 4.36. The summed E-state index contributed by atoms with van der Waals surface area (Å²) in [5, 5.41) is 22.6. The molecule has 1 aromatic rings. The lowest BCUT2D eigenvalue weighted by Crippen LogP contribution is -2.46. The SMILES string of the molecule is CCOC(=O)C1(c2ccc([N+](=O)[O-])cc2[N+](=O)[O-])CN(C(=O)OC(C)(C)C)CC1=O. The Morgan fingerprint density at radius 3 is 2.33 bits per heavy atom. The lowest BCUT2D eigenvalue weighted by Gasteiger charge is -2.27. The fourth-order valence-corrected chi connectivity index (χ4v) is 3.12. The highest BCUT2D eigenvalue weighted by atomic mass is 16.6. The molecule has 0 radical (unpaired) electrons. The average Bonchev–Trinajstić information content (AvgIpc) is 2.98. The molecule has 1 amide bonds. The molecule has 1 aromatic carbocycles. The third kappa shape index (κ3) is 4.21. The molecule has 0 saturated carbocycles. The maximum absolute atomic E-state index is 13.0. The molecule has 162 valence electrons. The number of non-ortho nitro benzene ring substituents is 1. The van der Waals surface area contributed by atoms with Gasteiger partial charge in [-0.2, -0.15) is 0 Å². The standard InChI is InChI=1S/C18H21N3O9/c1-5-29-15(23)18(10-19(9-14(18)22)16(24)30-17(2,3)4)12-7-6-11(20(25)26)8-13(12)21(27)28/h6-8H,5,9-10H2,1-4H3. The third-order valence-electron chi connectivity index (χ3n) is 4.36. The van der Waals surface area contributed by atoms with E-state index in [0.29, 0.717) is 6.07 Å². The molecule has 2 rings (SSSR count). The van der Waals surface area contributed by atoms with Crippen LogP contribution in [0.2, 0.25) is 0 Å². The van der Waals surface area contributed by atoms with Crippen molar-refractivity contribution in [3.8, 4) is 0 Å². The van der Waals surface area contributed by atoms with Crippen molar-refractivity contribution in [2.75, 3.05) is 19.7 Å². The molecule has 1 fully saturated rings. The highest BCUT2D eigenvalue weighted by Gasteiger charge is 2.59. The quantitative estimate of drug-likeness (QED) is 0.299. The highest BCUT2D eigenvalue weighted by molar-refractivity contribution is 6.14. The molecule has 1 unspecified atom stereocenters. The van der Waals surface area contributed by atoms with Crippen LogP contribution in [0.15, 0.2) is 18.2 Å². The van der Waals surface area contributed by atoms with Crippen molar-refractivity contribution in [3.63, 3.8) is 0 Å². The average molecular weight is 423 g/mol. The predicted octanol–water partition coefficient (Wildman–Crippen LogP) is 2.12. The monoisotopic (exact) mass is 423 g/mol. The number of hydrogen-bond acceptors (Lipinski definition) is 9. The number of nitro benzene ring substituents is 2. The Balaban J connectivity index is 2.64. The summed E-state index contributed by atoms with van der Waals surface area (Å²) in [4.78, 5) is 60.1. The number of likely N-dealkylation sites (tertiary alicyclic amines) is 1. The van der Waals surface area contributed by atoms with Crippen molar-refractivity contribution in [2.24, 2.45) is 0 Å². The number of hydrogen-bond donors (Lipinski definition) is 0. The minimum absolute atomic E-state index is 0.124. The molecule has 0 bridgehead atoms. The number of carbonyl (C=O) groups excluding carboxylic acids is 3. The van der Waals surface area contributed by atoms with Crippen LogP contribution in [0.25, 0.3) is 0 Å². The number of rotatable bonds is 5. The number of benzene rings is 1. The minimum Gasteiger partial charge on any atom is -0.465 e. The first-order chi connectivity index (χ1) is 13.8. The molecule has 1 saturated heterocycles. The summed E-state index contributed by atoms with van der Waals surface area (Å²) in [5.74, 6) is -1.90. The molecule has 1 heterocycles. The van der Waals surface area contributed by atoms with Crippen molar-refractivity contribution in [3.05, 3.63) is 44.0 Å². The molecule has 0 spiro atoms. The van der Waals surface area contributed by atoms with E-state index in [1.54, 1.807) is 20.8 Å². The van der Waals surface area contributed by atoms with E-state index in [4.69, 9.17) is 9.47 Å². The van der Waals surface area contributed by atoms with Crippen LogP contribution in [0.1, 0.15) is 33.3 Å². The summed E-state index contributed by atoms with van der Waals surface area (Å²) in [5.41, 5.74) is -4.85. The molecule has 1 aliphatic rings. The van der Waals surface area contributed by atoms with Crippen LogP contribution in [0.5, 0.6) is 0 Å². The lowest BCUT2D eigenvalue weighted by molar-refractivity contribution is -0.394. The summed E-state index contributed by atoms with van der Waals surface area (Å²) in [6.45, 7) is 5.11. The van der Waals surface area contributed by atoms with Crippen molar-refractivity contribution < 1.29 is 33.7 Å². The summed E-state index contributed by atoms with van der Waals surface area (Å²) in [7, 11) is 0. The van der Waals surface area contributed by atoms with Gasteiger partial charge in [0.2, 0.25) is 0 Å². The molecular weight excluding hydrogens is 402 g/mol. The van der Waals surface area contributed by atoms with E-state index < -0.39 is 63.2 Å². The first-order valence-corrected chi connectivity index (χ1v) is 8.95. The number of carbonyl (C=O) groups is 3. The summed E-state index contributed by atoms with van der Waals surface area (Å²) >= 11 is 0. The zero-order valence-electron chi connectivity index (χ0n) is 16.9. The van der Waals surface area contributed by atoms with Gasteiger partial charge >= 0.3 is 12.1 Å². The number of amides is 1. The largest absolute Gasteiger partial charge is 0.465 e. The normalized spacial score (nSPS) is 18.8. The van der Waals surface area contributed by atoms with Crippen LogP contribution in [-0.4, -0.2) is 57.9 Å².